The summed E-state index contributed by atoms with van der Waals surface area (Å²) in [6.07, 6.45) is 13.7. The van der Waals surface area contributed by atoms with Crippen molar-refractivity contribution in [3.63, 3.8) is 0 Å². The maximum atomic E-state index is 14.4. The summed E-state index contributed by atoms with van der Waals surface area (Å²) in [4.78, 5) is 42.5. The van der Waals surface area contributed by atoms with E-state index < -0.39 is 31.7 Å². The Kier molecular flexibility index (Phi) is 19.5. The van der Waals surface area contributed by atoms with Crippen molar-refractivity contribution < 1.29 is 34.8 Å². The number of nitrogens with one attached hydrogen (secondary N) is 9. The molecule has 9 N–H and O–H groups in total. The fourth-order valence-electron chi connectivity index (χ4n) is 11.2. The summed E-state index contributed by atoms with van der Waals surface area (Å²) in [5.74, 6) is 2.77. The Hall–Kier alpha value is -9.17. The fourth-order valence-corrected chi connectivity index (χ4v) is 13.9. The molecular weight excluding hydrogens is 1270 g/mol. The normalized spacial score (nSPS) is 15.2. The third kappa shape index (κ3) is 16.2. The number of hydrogen-bond acceptors (Lipinski definition) is 22. The van der Waals surface area contributed by atoms with Crippen molar-refractivity contribution >= 4 is 124 Å². The first kappa shape index (κ1) is 64.9. The van der Waals surface area contributed by atoms with Crippen LogP contribution in [0.5, 0.6) is 0 Å². The second kappa shape index (κ2) is 28.2. The number of imidazole rings is 2. The highest BCUT2D eigenvalue weighted by molar-refractivity contribution is 7.96. The predicted octanol–water partition coefficient (Wildman–Crippen LogP) is 12.1. The summed E-state index contributed by atoms with van der Waals surface area (Å²) in [6, 6.07) is 30.8. The number of H-pyrrole nitrogens is 1. The first-order valence-electron chi connectivity index (χ1n) is 30.6. The predicted molar refractivity (Wildman–Crippen MR) is 363 cm³/mol. The SMILES string of the molecule is COOSN1CCc2cc(Nc3nc(Nc4ccc5nc(C)[nH]c5c4)ncc3F)ccc21.Cc1cnc(Nc2ccc3c(c2)nc(C)n3C)nc1Nc1ccc2c(c1)C(NS(C)(=O)=O)CC2.O=S(=O)(NCc1ccc(Nc2nc(NC3CCCC3)ncc2F)cc1)C1CC1. The number of nitrogens with zero attached hydrogens (tertiary/aromatic N) is 10. The Morgan fingerprint density at radius 1 is 0.638 bits per heavy atom. The quantitative estimate of drug-likeness (QED) is 0.0140. The van der Waals surface area contributed by atoms with Gasteiger partial charge >= 0.3 is 0 Å². The molecule has 94 heavy (non-hydrogen) atoms. The van der Waals surface area contributed by atoms with Crippen molar-refractivity contribution in [3.8, 4) is 0 Å². The largest absolute Gasteiger partial charge is 0.351 e. The Morgan fingerprint density at radius 2 is 1.27 bits per heavy atom. The lowest BCUT2D eigenvalue weighted by Gasteiger charge is -2.15. The topological polar surface area (TPSA) is 310 Å². The van der Waals surface area contributed by atoms with Crippen LogP contribution >= 0.6 is 12.2 Å². The lowest BCUT2D eigenvalue weighted by Crippen LogP contribution is -2.26. The van der Waals surface area contributed by atoms with Crippen LogP contribution in [0.25, 0.3) is 22.1 Å². The Morgan fingerprint density at radius 3 is 2.00 bits per heavy atom. The van der Waals surface area contributed by atoms with Crippen LogP contribution in [0.3, 0.4) is 0 Å². The molecule has 30 heteroatoms. The first-order chi connectivity index (χ1) is 45.2. The molecule has 0 saturated heterocycles. The highest BCUT2D eigenvalue weighted by atomic mass is 32.2. The molecule has 0 bridgehead atoms. The van der Waals surface area contributed by atoms with Crippen molar-refractivity contribution in [1.82, 2.24) is 58.9 Å². The van der Waals surface area contributed by atoms with Gasteiger partial charge in [-0.3, -0.25) is 4.31 Å². The van der Waals surface area contributed by atoms with Gasteiger partial charge < -0.3 is 41.5 Å². The third-order valence-electron chi connectivity index (χ3n) is 16.2. The Labute approximate surface area is 547 Å². The van der Waals surface area contributed by atoms with E-state index >= 15 is 0 Å². The van der Waals surface area contributed by atoms with Gasteiger partial charge in [-0.25, -0.2) is 64.9 Å². The standard InChI is InChI=1S/C24H27N7O2S.C21H20FN7O2S.C19H24FN5O2S/c1-14-13-25-24(28-18-8-10-22-21(12-18)26-15(2)31(22)3)29-23(14)27-17-7-5-16-6-9-20(19(16)11-17)30-34(4,32)33;1-12-24-17-5-3-15(10-18(17)25-12)27-21-23-11-16(22)20(28-21)26-14-4-6-19-13(9-14)7-8-29(19)32-31-30-2;20-17-12-21-19(24-14-3-1-2-4-14)25-18(17)23-15-7-5-13(6-8-15)11-22-28(26,27)16-9-10-16/h5,7-8,10-13,20,30H,6,9H2,1-4H3,(H2,25,27,28,29);3-6,9-11H,7-8H2,1-2H3,(H,24,25)(H2,23,26,27,28);5-8,12,14,16,22H,1-4,9-11H2,(H2,21,23,24,25). The van der Waals surface area contributed by atoms with E-state index in [0.717, 1.165) is 166 Å². The first-order valence-corrected chi connectivity index (χ1v) is 34.7. The van der Waals surface area contributed by atoms with Crippen LogP contribution in [0.1, 0.15) is 90.5 Å². The minimum absolute atomic E-state index is 0.0906. The number of sulfonamides is 2. The van der Waals surface area contributed by atoms with E-state index in [2.05, 4.69) is 95.7 Å². The number of halogens is 2. The molecule has 3 aliphatic carbocycles. The van der Waals surface area contributed by atoms with Gasteiger partial charge in [0.2, 0.25) is 37.9 Å². The van der Waals surface area contributed by atoms with E-state index in [4.69, 9.17) is 4.33 Å². The van der Waals surface area contributed by atoms with Gasteiger partial charge in [0, 0.05) is 72.4 Å². The summed E-state index contributed by atoms with van der Waals surface area (Å²) in [7, 11) is -3.03. The van der Waals surface area contributed by atoms with Crippen LogP contribution in [0.2, 0.25) is 0 Å². The number of aryl methyl sites for hydroxylation is 5. The molecule has 490 valence electrons. The van der Waals surface area contributed by atoms with E-state index in [1.807, 2.05) is 105 Å². The molecule has 0 radical (unpaired) electrons. The summed E-state index contributed by atoms with van der Waals surface area (Å²) in [6.45, 7) is 6.86. The maximum absolute atomic E-state index is 14.4. The van der Waals surface area contributed by atoms with E-state index in [1.165, 1.54) is 26.2 Å². The number of anilines is 12. The van der Waals surface area contributed by atoms with Crippen molar-refractivity contribution in [1.29, 1.82) is 0 Å². The number of fused-ring (bicyclic) bond motifs is 4. The zero-order valence-electron chi connectivity index (χ0n) is 52.4. The average molecular weight is 1340 g/mol. The number of hydrogen-bond donors (Lipinski definition) is 9. The van der Waals surface area contributed by atoms with Gasteiger partial charge in [-0.1, -0.05) is 31.0 Å². The molecule has 5 aromatic carbocycles. The molecule has 6 heterocycles. The smallest absolute Gasteiger partial charge is 0.229 e. The molecule has 4 aliphatic rings. The third-order valence-corrected chi connectivity index (χ3v) is 19.6. The van der Waals surface area contributed by atoms with E-state index in [-0.39, 0.29) is 35.4 Å². The molecule has 14 rings (SSSR count). The van der Waals surface area contributed by atoms with Crippen molar-refractivity contribution in [2.24, 2.45) is 7.05 Å². The van der Waals surface area contributed by atoms with E-state index in [0.29, 0.717) is 29.4 Å². The highest BCUT2D eigenvalue weighted by Crippen LogP contribution is 2.38. The van der Waals surface area contributed by atoms with Gasteiger partial charge in [0.25, 0.3) is 0 Å². The summed E-state index contributed by atoms with van der Waals surface area (Å²) < 4.78 is 90.1. The van der Waals surface area contributed by atoms with Gasteiger partial charge in [-0.15, -0.1) is 4.33 Å². The number of rotatable bonds is 21. The molecule has 0 amide bonds. The van der Waals surface area contributed by atoms with Crippen LogP contribution in [0.15, 0.2) is 116 Å². The van der Waals surface area contributed by atoms with Gasteiger partial charge in [0.15, 0.2) is 35.5 Å². The van der Waals surface area contributed by atoms with Crippen LogP contribution in [0, 0.1) is 32.4 Å². The van der Waals surface area contributed by atoms with Crippen molar-refractivity contribution in [2.45, 2.75) is 102 Å². The zero-order valence-corrected chi connectivity index (χ0v) is 54.8. The van der Waals surface area contributed by atoms with E-state index in [9.17, 15) is 25.6 Å². The molecular formula is C64H71F2N19O6S3. The van der Waals surface area contributed by atoms with E-state index in [1.54, 1.807) is 30.5 Å². The molecule has 2 saturated carbocycles. The lowest BCUT2D eigenvalue weighted by atomic mass is 10.1. The van der Waals surface area contributed by atoms with Crippen molar-refractivity contribution in [2.75, 3.05) is 56.1 Å². The van der Waals surface area contributed by atoms with Gasteiger partial charge in [-0.05, 0) is 167 Å². The minimum Gasteiger partial charge on any atom is -0.351 e. The molecule has 1 aliphatic heterocycles. The number of aromatic nitrogens is 10. The monoisotopic (exact) mass is 1340 g/mol. The zero-order chi connectivity index (χ0) is 65.7. The van der Waals surface area contributed by atoms with Gasteiger partial charge in [0.1, 0.15) is 17.5 Å². The van der Waals surface area contributed by atoms with Crippen LogP contribution < -0.4 is 45.7 Å². The molecule has 10 aromatic rings. The van der Waals surface area contributed by atoms with Crippen LogP contribution in [0.4, 0.5) is 78.2 Å². The van der Waals surface area contributed by atoms with Crippen LogP contribution in [-0.4, -0.2) is 97.5 Å². The van der Waals surface area contributed by atoms with Gasteiger partial charge in [0.05, 0.1) is 58.8 Å². The molecule has 0 spiro atoms. The Balaban J connectivity index is 0.000000136. The number of aromatic amines is 1. The van der Waals surface area contributed by atoms with Crippen LogP contribution in [-0.2, 0) is 55.7 Å². The second-order valence-corrected chi connectivity index (χ2v) is 27.9. The summed E-state index contributed by atoms with van der Waals surface area (Å²) >= 11 is 1.14. The lowest BCUT2D eigenvalue weighted by molar-refractivity contribution is -0.160. The number of benzene rings is 5. The second-order valence-electron chi connectivity index (χ2n) is 23.4. The summed E-state index contributed by atoms with van der Waals surface area (Å²) in [5, 5.41) is 18.8. The summed E-state index contributed by atoms with van der Waals surface area (Å²) in [5.41, 5.74) is 13.7. The fraction of sp³-hybridized carbons (Fsp3) is 0.312. The minimum atomic E-state index is -3.28. The molecule has 5 aromatic heterocycles. The average Bonchev–Trinajstić information content (AvgIpc) is 1.69. The molecule has 25 nitrogen and oxygen atoms in total. The molecule has 1 unspecified atom stereocenters. The maximum Gasteiger partial charge on any atom is 0.229 e. The Bertz CT molecular complexity index is 4630. The van der Waals surface area contributed by atoms with Gasteiger partial charge in [-0.2, -0.15) is 15.0 Å². The highest BCUT2D eigenvalue weighted by Gasteiger charge is 2.35. The molecule has 2 fully saturated rings. The van der Waals surface area contributed by atoms with Crippen molar-refractivity contribution in [3.05, 3.63) is 167 Å². The molecule has 1 atom stereocenters.